The highest BCUT2D eigenvalue weighted by Gasteiger charge is 2.00. The van der Waals surface area contributed by atoms with Gasteiger partial charge >= 0.3 is 0 Å². The van der Waals surface area contributed by atoms with Crippen LogP contribution in [0.2, 0.25) is 5.15 Å². The lowest BCUT2D eigenvalue weighted by Gasteiger charge is -1.67. The number of aromatic amines is 1. The molecule has 1 heterocycles. The first-order chi connectivity index (χ1) is 3.30. The molecule has 0 aliphatic heterocycles. The van der Waals surface area contributed by atoms with E-state index in [1.807, 2.05) is 12.3 Å². The fourth-order valence-corrected chi connectivity index (χ4v) is 1.17. The molecule has 0 saturated heterocycles. The third-order valence-corrected chi connectivity index (χ3v) is 2.03. The number of aryl methyl sites for hydroxylation is 1. The van der Waals surface area contributed by atoms with Gasteiger partial charge in [0.05, 0.1) is 10.9 Å². The van der Waals surface area contributed by atoms with Crippen molar-refractivity contribution in [3.8, 4) is 0 Å². The van der Waals surface area contributed by atoms with E-state index in [4.69, 9.17) is 11.6 Å². The van der Waals surface area contributed by atoms with Crippen molar-refractivity contribution in [2.45, 2.75) is 6.92 Å². The molecule has 3 heteroatoms. The fourth-order valence-electron chi connectivity index (χ4n) is 0.302. The van der Waals surface area contributed by atoms with Crippen LogP contribution in [0.15, 0.2) is 5.38 Å². The second kappa shape index (κ2) is 1.80. The Hall–Kier alpha value is -0.0800. The van der Waals surface area contributed by atoms with Gasteiger partial charge in [0.25, 0.3) is 5.15 Å². The maximum absolute atomic E-state index is 5.58. The first kappa shape index (κ1) is 5.06. The molecule has 0 aromatic carbocycles. The minimum Gasteiger partial charge on any atom is -0.138 e. The molecule has 0 bridgehead atoms. The molecule has 0 aliphatic rings. The summed E-state index contributed by atoms with van der Waals surface area (Å²) in [6, 6.07) is 0. The number of aromatic nitrogens is 1. The van der Waals surface area contributed by atoms with Crippen LogP contribution in [-0.4, -0.2) is 0 Å². The predicted octanol–water partition coefficient (Wildman–Crippen LogP) is 1.52. The van der Waals surface area contributed by atoms with Crippen molar-refractivity contribution in [3.63, 3.8) is 0 Å². The molecule has 0 radical (unpaired) electrons. The number of halogens is 1. The average Bonchev–Trinajstić information content (AvgIpc) is 1.91. The lowest BCUT2D eigenvalue weighted by molar-refractivity contribution is -0.287. The normalized spacial score (nSPS) is 9.43. The molecule has 1 aromatic rings. The molecule has 0 saturated carbocycles. The van der Waals surface area contributed by atoms with Gasteiger partial charge in [-0.2, -0.15) is 0 Å². The van der Waals surface area contributed by atoms with E-state index >= 15 is 0 Å². The summed E-state index contributed by atoms with van der Waals surface area (Å²) < 4.78 is 2.88. The molecule has 0 spiro atoms. The van der Waals surface area contributed by atoms with Crippen LogP contribution in [0.25, 0.3) is 0 Å². The molecule has 0 amide bonds. The van der Waals surface area contributed by atoms with Gasteiger partial charge in [-0.3, -0.25) is 0 Å². The summed E-state index contributed by atoms with van der Waals surface area (Å²) in [6.07, 6.45) is 0. The highest BCUT2D eigenvalue weighted by molar-refractivity contribution is 6.99. The van der Waals surface area contributed by atoms with Crippen molar-refractivity contribution < 1.29 is 4.37 Å². The summed E-state index contributed by atoms with van der Waals surface area (Å²) >= 11 is 7.09. The standard InChI is InChI=1S/C4H4ClNS/c1-3-2-7-6-4(3)5/h2H,1H3/p+1. The Morgan fingerprint density at radius 2 is 2.57 bits per heavy atom. The van der Waals surface area contributed by atoms with E-state index in [2.05, 4.69) is 4.37 Å². The maximum Gasteiger partial charge on any atom is 0.290 e. The summed E-state index contributed by atoms with van der Waals surface area (Å²) in [5.41, 5.74) is 1.12. The van der Waals surface area contributed by atoms with Gasteiger partial charge in [0.1, 0.15) is 11.5 Å². The predicted molar refractivity (Wildman–Crippen MR) is 30.6 cm³/mol. The summed E-state index contributed by atoms with van der Waals surface area (Å²) in [6.45, 7) is 1.97. The number of nitrogens with one attached hydrogen (secondary N) is 1. The Bertz CT molecular complexity index is 144. The molecule has 1 aromatic heterocycles. The Kier molecular flexibility index (Phi) is 1.30. The largest absolute Gasteiger partial charge is 0.290 e. The summed E-state index contributed by atoms with van der Waals surface area (Å²) in [5.74, 6) is 0. The Balaban J connectivity index is 3.12. The highest BCUT2D eigenvalue weighted by Crippen LogP contribution is 2.08. The van der Waals surface area contributed by atoms with E-state index in [1.165, 1.54) is 11.5 Å². The Morgan fingerprint density at radius 1 is 1.86 bits per heavy atom. The van der Waals surface area contributed by atoms with Crippen molar-refractivity contribution >= 4 is 23.1 Å². The van der Waals surface area contributed by atoms with E-state index in [-0.39, 0.29) is 0 Å². The molecule has 38 valence electrons. The van der Waals surface area contributed by atoms with Gasteiger partial charge in [-0.25, -0.2) is 0 Å². The van der Waals surface area contributed by atoms with Crippen LogP contribution in [0.5, 0.6) is 0 Å². The third kappa shape index (κ3) is 0.924. The van der Waals surface area contributed by atoms with Gasteiger partial charge < -0.3 is 0 Å². The maximum atomic E-state index is 5.58. The molecule has 0 fully saturated rings. The molecular formula is C4H5ClNS+. The molecule has 0 aliphatic carbocycles. The monoisotopic (exact) mass is 134 g/mol. The molecule has 7 heavy (non-hydrogen) atoms. The van der Waals surface area contributed by atoms with Crippen LogP contribution in [-0.2, 0) is 0 Å². The number of rotatable bonds is 0. The van der Waals surface area contributed by atoms with Crippen molar-refractivity contribution in [1.82, 2.24) is 0 Å². The highest BCUT2D eigenvalue weighted by atomic mass is 35.5. The van der Waals surface area contributed by atoms with E-state index in [0.29, 0.717) is 0 Å². The quantitative estimate of drug-likeness (QED) is 0.511. The zero-order chi connectivity index (χ0) is 5.28. The van der Waals surface area contributed by atoms with Gasteiger partial charge in [0.2, 0.25) is 0 Å². The minimum atomic E-state index is 0.755. The van der Waals surface area contributed by atoms with Crippen LogP contribution in [0.3, 0.4) is 0 Å². The molecular weight excluding hydrogens is 130 g/mol. The zero-order valence-corrected chi connectivity index (χ0v) is 5.44. The summed E-state index contributed by atoms with van der Waals surface area (Å²) in [4.78, 5) is 0. The molecule has 0 unspecified atom stereocenters. The van der Waals surface area contributed by atoms with Crippen molar-refractivity contribution in [1.29, 1.82) is 0 Å². The summed E-state index contributed by atoms with van der Waals surface area (Å²) in [5, 5.41) is 2.73. The molecule has 1 nitrogen and oxygen atoms in total. The van der Waals surface area contributed by atoms with E-state index in [9.17, 15) is 0 Å². The molecule has 1 rings (SSSR count). The smallest absolute Gasteiger partial charge is 0.138 e. The summed E-state index contributed by atoms with van der Waals surface area (Å²) in [7, 11) is 0. The fraction of sp³-hybridized carbons (Fsp3) is 0.250. The van der Waals surface area contributed by atoms with Gasteiger partial charge in [-0.05, 0) is 18.5 Å². The van der Waals surface area contributed by atoms with E-state index in [1.54, 1.807) is 0 Å². The van der Waals surface area contributed by atoms with Crippen LogP contribution in [0, 0.1) is 6.92 Å². The van der Waals surface area contributed by atoms with Crippen molar-refractivity contribution in [3.05, 3.63) is 16.1 Å². The lowest BCUT2D eigenvalue weighted by atomic mass is 10.4. The number of H-pyrrole nitrogens is 1. The van der Waals surface area contributed by atoms with Gasteiger partial charge in [-0.15, -0.1) is 4.37 Å². The SMILES string of the molecule is Cc1cs[nH+]c1Cl. The molecule has 1 N–H and O–H groups in total. The van der Waals surface area contributed by atoms with E-state index in [0.717, 1.165) is 10.7 Å². The number of hydrogen-bond donors (Lipinski definition) is 0. The van der Waals surface area contributed by atoms with Crippen LogP contribution in [0.1, 0.15) is 5.56 Å². The third-order valence-electron chi connectivity index (χ3n) is 0.730. The van der Waals surface area contributed by atoms with E-state index < -0.39 is 0 Å². The Labute approximate surface area is 51.1 Å². The molecule has 0 atom stereocenters. The zero-order valence-electron chi connectivity index (χ0n) is 3.86. The van der Waals surface area contributed by atoms with Crippen LogP contribution >= 0.6 is 23.1 Å². The second-order valence-electron chi connectivity index (χ2n) is 1.33. The van der Waals surface area contributed by atoms with Gasteiger partial charge in [0, 0.05) is 0 Å². The lowest BCUT2D eigenvalue weighted by Crippen LogP contribution is -1.89. The van der Waals surface area contributed by atoms with Gasteiger partial charge in [-0.1, -0.05) is 0 Å². The second-order valence-corrected chi connectivity index (χ2v) is 2.39. The van der Waals surface area contributed by atoms with Crippen LogP contribution < -0.4 is 4.37 Å². The topological polar surface area (TPSA) is 14.1 Å². The Morgan fingerprint density at radius 3 is 2.71 bits per heavy atom. The first-order valence-corrected chi connectivity index (χ1v) is 3.18. The minimum absolute atomic E-state index is 0.755. The van der Waals surface area contributed by atoms with Crippen molar-refractivity contribution in [2.75, 3.05) is 0 Å². The van der Waals surface area contributed by atoms with Crippen molar-refractivity contribution in [2.24, 2.45) is 0 Å². The van der Waals surface area contributed by atoms with Gasteiger partial charge in [0.15, 0.2) is 0 Å². The first-order valence-electron chi connectivity index (χ1n) is 1.92. The number of hydrogen-bond acceptors (Lipinski definition) is 1. The average molecular weight is 135 g/mol. The van der Waals surface area contributed by atoms with Crippen LogP contribution in [0.4, 0.5) is 0 Å².